The zero-order valence-electron chi connectivity index (χ0n) is 11.2. The zero-order chi connectivity index (χ0) is 15.6. The summed E-state index contributed by atoms with van der Waals surface area (Å²) in [6.07, 6.45) is -2.62. The topological polar surface area (TPSA) is 54.4 Å². The summed E-state index contributed by atoms with van der Waals surface area (Å²) in [5, 5.41) is 9.06. The highest BCUT2D eigenvalue weighted by Gasteiger charge is 2.35. The Morgan fingerprint density at radius 1 is 1.24 bits per heavy atom. The van der Waals surface area contributed by atoms with Crippen molar-refractivity contribution in [3.63, 3.8) is 0 Å². The number of benzene rings is 1. The molecule has 0 unspecified atom stereocenters. The number of alkyl halides is 3. The van der Waals surface area contributed by atoms with E-state index < -0.39 is 29.4 Å². The van der Waals surface area contributed by atoms with Crippen molar-refractivity contribution in [2.24, 2.45) is 11.8 Å². The number of halogens is 3. The highest BCUT2D eigenvalue weighted by Crippen LogP contribution is 2.35. The molecule has 0 amide bonds. The summed E-state index contributed by atoms with van der Waals surface area (Å²) in [6, 6.07) is 4.27. The van der Waals surface area contributed by atoms with Crippen LogP contribution in [0.25, 0.3) is 0 Å². The Morgan fingerprint density at radius 2 is 1.95 bits per heavy atom. The molecular weight excluding hydrogens is 285 g/mol. The molecule has 1 aliphatic carbocycles. The molecule has 0 spiro atoms. The fourth-order valence-corrected chi connectivity index (χ4v) is 2.83. The molecule has 2 rings (SSSR count). The second kappa shape index (κ2) is 5.87. The molecule has 0 radical (unpaired) electrons. The van der Waals surface area contributed by atoms with Crippen LogP contribution < -0.4 is 0 Å². The van der Waals surface area contributed by atoms with Crippen LogP contribution in [0, 0.1) is 11.8 Å². The van der Waals surface area contributed by atoms with Crippen LogP contribution in [0.4, 0.5) is 13.2 Å². The van der Waals surface area contributed by atoms with Crippen molar-refractivity contribution in [3.05, 3.63) is 35.4 Å². The average Bonchev–Trinajstić information content (AvgIpc) is 2.86. The molecule has 21 heavy (non-hydrogen) atoms. The van der Waals surface area contributed by atoms with Gasteiger partial charge in [0.1, 0.15) is 0 Å². The summed E-state index contributed by atoms with van der Waals surface area (Å²) in [7, 11) is 0. The predicted molar refractivity (Wildman–Crippen MR) is 68.9 cm³/mol. The van der Waals surface area contributed by atoms with Crippen LogP contribution in [0.3, 0.4) is 0 Å². The first-order chi connectivity index (χ1) is 9.79. The Balaban J connectivity index is 2.12. The van der Waals surface area contributed by atoms with E-state index in [1.807, 2.05) is 0 Å². The number of ketones is 1. The third-order valence-corrected chi connectivity index (χ3v) is 3.94. The van der Waals surface area contributed by atoms with E-state index in [1.54, 1.807) is 0 Å². The lowest BCUT2D eigenvalue weighted by molar-refractivity contribution is -0.143. The van der Waals surface area contributed by atoms with Gasteiger partial charge in [0.15, 0.2) is 5.78 Å². The molecule has 0 saturated heterocycles. The van der Waals surface area contributed by atoms with Crippen molar-refractivity contribution in [1.29, 1.82) is 0 Å². The molecule has 2 atom stereocenters. The minimum Gasteiger partial charge on any atom is -0.481 e. The first kappa shape index (κ1) is 15.5. The monoisotopic (exact) mass is 300 g/mol. The average molecular weight is 300 g/mol. The molecule has 0 heterocycles. The maximum atomic E-state index is 12.6. The lowest BCUT2D eigenvalue weighted by Gasteiger charge is -2.15. The molecule has 6 heteroatoms. The lowest BCUT2D eigenvalue weighted by Crippen LogP contribution is -2.21. The van der Waals surface area contributed by atoms with E-state index in [4.69, 9.17) is 5.11 Å². The minimum absolute atomic E-state index is 0.0131. The van der Waals surface area contributed by atoms with Crippen molar-refractivity contribution in [1.82, 2.24) is 0 Å². The number of carbonyl (C=O) groups excluding carboxylic acids is 1. The smallest absolute Gasteiger partial charge is 0.416 e. The van der Waals surface area contributed by atoms with Gasteiger partial charge in [0, 0.05) is 12.0 Å². The van der Waals surface area contributed by atoms with Gasteiger partial charge in [-0.2, -0.15) is 13.2 Å². The first-order valence-electron chi connectivity index (χ1n) is 6.72. The fraction of sp³-hybridized carbons (Fsp3) is 0.467. The Kier molecular flexibility index (Phi) is 4.34. The molecule has 1 aromatic rings. The number of carboxylic acid groups (broad SMARTS) is 1. The second-order valence-corrected chi connectivity index (χ2v) is 5.34. The number of carbonyl (C=O) groups is 2. The van der Waals surface area contributed by atoms with E-state index in [-0.39, 0.29) is 17.9 Å². The van der Waals surface area contributed by atoms with E-state index in [2.05, 4.69) is 0 Å². The van der Waals surface area contributed by atoms with Crippen molar-refractivity contribution in [2.45, 2.75) is 31.9 Å². The van der Waals surface area contributed by atoms with Gasteiger partial charge in [0.05, 0.1) is 11.5 Å². The summed E-state index contributed by atoms with van der Waals surface area (Å²) >= 11 is 0. The predicted octanol–water partition coefficient (Wildman–Crippen LogP) is 3.78. The van der Waals surface area contributed by atoms with E-state index in [0.29, 0.717) is 12.8 Å². The van der Waals surface area contributed by atoms with Gasteiger partial charge in [-0.05, 0) is 30.9 Å². The van der Waals surface area contributed by atoms with Crippen LogP contribution in [-0.2, 0) is 11.0 Å². The van der Waals surface area contributed by atoms with Crippen LogP contribution in [-0.4, -0.2) is 16.9 Å². The molecule has 1 aromatic carbocycles. The number of rotatable bonds is 4. The quantitative estimate of drug-likeness (QED) is 0.861. The van der Waals surface area contributed by atoms with E-state index in [9.17, 15) is 22.8 Å². The van der Waals surface area contributed by atoms with Crippen molar-refractivity contribution in [3.8, 4) is 0 Å². The lowest BCUT2D eigenvalue weighted by atomic mass is 9.89. The zero-order valence-corrected chi connectivity index (χ0v) is 11.2. The van der Waals surface area contributed by atoms with Crippen molar-refractivity contribution in [2.75, 3.05) is 0 Å². The Labute approximate surface area is 119 Å². The molecule has 0 aliphatic heterocycles. The third-order valence-electron chi connectivity index (χ3n) is 3.94. The highest BCUT2D eigenvalue weighted by atomic mass is 19.4. The second-order valence-electron chi connectivity index (χ2n) is 5.34. The summed E-state index contributed by atoms with van der Waals surface area (Å²) < 4.78 is 37.8. The minimum atomic E-state index is -4.49. The Bertz CT molecular complexity index is 551. The van der Waals surface area contributed by atoms with Gasteiger partial charge in [0.2, 0.25) is 0 Å². The Morgan fingerprint density at radius 3 is 2.57 bits per heavy atom. The van der Waals surface area contributed by atoms with Crippen LogP contribution >= 0.6 is 0 Å². The van der Waals surface area contributed by atoms with Gasteiger partial charge in [-0.1, -0.05) is 18.6 Å². The van der Waals surface area contributed by atoms with Gasteiger partial charge < -0.3 is 5.11 Å². The maximum absolute atomic E-state index is 12.6. The van der Waals surface area contributed by atoms with Crippen molar-refractivity contribution >= 4 is 11.8 Å². The largest absolute Gasteiger partial charge is 0.481 e. The van der Waals surface area contributed by atoms with E-state index in [0.717, 1.165) is 18.6 Å². The summed E-state index contributed by atoms with van der Waals surface area (Å²) in [5.74, 6) is -2.22. The maximum Gasteiger partial charge on any atom is 0.416 e. The first-order valence-corrected chi connectivity index (χ1v) is 6.72. The van der Waals surface area contributed by atoms with E-state index >= 15 is 0 Å². The number of hydrogen-bond acceptors (Lipinski definition) is 2. The molecule has 0 aromatic heterocycles. The molecule has 0 bridgehead atoms. The van der Waals surface area contributed by atoms with Crippen LogP contribution in [0.1, 0.15) is 41.6 Å². The fourth-order valence-electron chi connectivity index (χ4n) is 2.83. The molecule has 1 aliphatic rings. The molecule has 1 saturated carbocycles. The number of Topliss-reactive ketones (excluding diaryl/α,β-unsaturated/α-hetero) is 1. The van der Waals surface area contributed by atoms with E-state index in [1.165, 1.54) is 12.1 Å². The van der Waals surface area contributed by atoms with Gasteiger partial charge in [-0.25, -0.2) is 0 Å². The van der Waals surface area contributed by atoms with Crippen molar-refractivity contribution < 1.29 is 27.9 Å². The summed E-state index contributed by atoms with van der Waals surface area (Å²) in [6.45, 7) is 0. The number of carboxylic acids is 1. The van der Waals surface area contributed by atoms with Gasteiger partial charge in [-0.3, -0.25) is 9.59 Å². The third kappa shape index (κ3) is 3.62. The molecule has 1 N–H and O–H groups in total. The standard InChI is InChI=1S/C15H15F3O3/c16-15(17,18)11-5-1-4-10(7-11)13(19)8-9-3-2-6-12(9)14(20)21/h1,4-5,7,9,12H,2-3,6,8H2,(H,20,21)/t9-,12+/m0/s1. The normalized spacial score (nSPS) is 22.2. The van der Waals surface area contributed by atoms with Crippen LogP contribution in [0.2, 0.25) is 0 Å². The summed E-state index contributed by atoms with van der Waals surface area (Å²) in [4.78, 5) is 23.1. The number of aliphatic carboxylic acids is 1. The number of hydrogen-bond donors (Lipinski definition) is 1. The Hall–Kier alpha value is -1.85. The van der Waals surface area contributed by atoms with Gasteiger partial charge in [0.25, 0.3) is 0 Å². The molecule has 1 fully saturated rings. The van der Waals surface area contributed by atoms with Crippen LogP contribution in [0.15, 0.2) is 24.3 Å². The van der Waals surface area contributed by atoms with Gasteiger partial charge >= 0.3 is 12.1 Å². The van der Waals surface area contributed by atoms with Gasteiger partial charge in [-0.15, -0.1) is 0 Å². The molecule has 114 valence electrons. The highest BCUT2D eigenvalue weighted by molar-refractivity contribution is 5.96. The summed E-state index contributed by atoms with van der Waals surface area (Å²) in [5.41, 5.74) is -0.879. The van der Waals surface area contributed by atoms with Crippen LogP contribution in [0.5, 0.6) is 0 Å². The molecular formula is C15H15F3O3. The SMILES string of the molecule is O=C(C[C@@H]1CCC[C@H]1C(=O)O)c1cccc(C(F)(F)F)c1. The molecule has 3 nitrogen and oxygen atoms in total.